The Morgan fingerprint density at radius 3 is 2.31 bits per heavy atom. The summed E-state index contributed by atoms with van der Waals surface area (Å²) in [7, 11) is 2.46. The van der Waals surface area contributed by atoms with Crippen molar-refractivity contribution in [2.75, 3.05) is 20.8 Å². The van der Waals surface area contributed by atoms with Gasteiger partial charge < -0.3 is 23.8 Å². The predicted octanol–water partition coefficient (Wildman–Crippen LogP) is 2.31. The first-order chi connectivity index (χ1) is 18.8. The molecule has 6 rings (SSSR count). The van der Waals surface area contributed by atoms with Crippen molar-refractivity contribution in [1.82, 2.24) is 9.80 Å². The predicted molar refractivity (Wildman–Crippen MR) is 134 cm³/mol. The maximum atomic E-state index is 14.6. The molecule has 2 aromatic rings. The Bertz CT molecular complexity index is 1390. The minimum Gasteiger partial charge on any atom is -0.466 e. The van der Waals surface area contributed by atoms with Crippen molar-refractivity contribution in [3.63, 3.8) is 0 Å². The van der Waals surface area contributed by atoms with E-state index in [2.05, 4.69) is 0 Å². The SMILES string of the molecule is COC(=O)C1=C(C)N(Cc2ccccc2)[C@]23O[C@](C(=O)OC)(C(=O)N2[C@@H]1c1ccccc1)[C@H]1CCOC(=O)[C@H]13. The highest BCUT2D eigenvalue weighted by Gasteiger charge is 2.85. The lowest BCUT2D eigenvalue weighted by Gasteiger charge is -2.56. The van der Waals surface area contributed by atoms with Crippen LogP contribution >= 0.6 is 0 Å². The van der Waals surface area contributed by atoms with E-state index in [1.807, 2.05) is 36.4 Å². The smallest absolute Gasteiger partial charge is 0.348 e. The van der Waals surface area contributed by atoms with E-state index in [1.165, 1.54) is 19.1 Å². The normalized spacial score (nSPS) is 31.0. The summed E-state index contributed by atoms with van der Waals surface area (Å²) in [6.45, 7) is 1.96. The molecule has 0 radical (unpaired) electrons. The number of nitrogens with zero attached hydrogens (tertiary/aromatic N) is 2. The topological polar surface area (TPSA) is 112 Å². The third-order valence-corrected chi connectivity index (χ3v) is 8.36. The number of piperidine rings is 1. The molecule has 3 fully saturated rings. The van der Waals surface area contributed by atoms with Gasteiger partial charge in [0.25, 0.3) is 11.5 Å². The number of ether oxygens (including phenoxy) is 4. The van der Waals surface area contributed by atoms with Gasteiger partial charge >= 0.3 is 17.9 Å². The standard InChI is InChI=1S/C29H28N2O8/c1-17-21(24(32)36-2)23(19-12-8-5-9-13-19)31-26(34)28(27(35)37-3)20-14-15-38-25(33)22(20)29(31,39-28)30(17)16-18-10-6-4-7-11-18/h4-13,20,22-23H,14-16H2,1-3H3/t20-,22-,23+,28-,29-/m0/s1. The van der Waals surface area contributed by atoms with Crippen LogP contribution in [-0.4, -0.2) is 65.9 Å². The molecule has 10 heteroatoms. The summed E-state index contributed by atoms with van der Waals surface area (Å²) in [5, 5.41) is 0. The van der Waals surface area contributed by atoms with Gasteiger partial charge in [-0.1, -0.05) is 60.7 Å². The average molecular weight is 533 g/mol. The average Bonchev–Trinajstić information content (AvgIpc) is 3.42. The lowest BCUT2D eigenvalue weighted by atomic mass is 9.69. The van der Waals surface area contributed by atoms with Gasteiger partial charge in [0.2, 0.25) is 5.85 Å². The second kappa shape index (κ2) is 8.94. The summed E-state index contributed by atoms with van der Waals surface area (Å²) in [4.78, 5) is 58.1. The summed E-state index contributed by atoms with van der Waals surface area (Å²) in [5.74, 6) is -6.36. The number of esters is 3. The van der Waals surface area contributed by atoms with Crippen molar-refractivity contribution in [3.05, 3.63) is 83.1 Å². The first-order valence-corrected chi connectivity index (χ1v) is 12.8. The number of fused-ring (bicyclic) bond motifs is 3. The number of carbonyl (C=O) groups excluding carboxylic acids is 4. The van der Waals surface area contributed by atoms with Crippen LogP contribution in [0.4, 0.5) is 0 Å². The first kappa shape index (κ1) is 25.1. The highest BCUT2D eigenvalue weighted by molar-refractivity contribution is 6.11. The van der Waals surface area contributed by atoms with Crippen LogP contribution in [-0.2, 0) is 44.7 Å². The van der Waals surface area contributed by atoms with Crippen molar-refractivity contribution in [2.24, 2.45) is 11.8 Å². The molecule has 2 aromatic carbocycles. The van der Waals surface area contributed by atoms with Gasteiger partial charge in [-0.2, -0.15) is 0 Å². The van der Waals surface area contributed by atoms with Gasteiger partial charge in [0.15, 0.2) is 0 Å². The molecular weight excluding hydrogens is 504 g/mol. The Morgan fingerprint density at radius 1 is 1.00 bits per heavy atom. The molecule has 4 heterocycles. The molecular formula is C29H28N2O8. The number of hydrogen-bond acceptors (Lipinski definition) is 9. The number of rotatable bonds is 5. The number of benzene rings is 2. The zero-order valence-electron chi connectivity index (χ0n) is 21.8. The van der Waals surface area contributed by atoms with E-state index in [1.54, 1.807) is 36.1 Å². The fraction of sp³-hybridized carbons (Fsp3) is 0.379. The van der Waals surface area contributed by atoms with Crippen molar-refractivity contribution in [2.45, 2.75) is 37.4 Å². The maximum absolute atomic E-state index is 14.6. The molecule has 1 spiro atoms. The molecule has 0 aromatic heterocycles. The second-order valence-corrected chi connectivity index (χ2v) is 10.1. The fourth-order valence-electron chi connectivity index (χ4n) is 6.78. The summed E-state index contributed by atoms with van der Waals surface area (Å²) in [6.07, 6.45) is 0.245. The molecule has 0 N–H and O–H groups in total. The first-order valence-electron chi connectivity index (χ1n) is 12.8. The van der Waals surface area contributed by atoms with E-state index >= 15 is 0 Å². The van der Waals surface area contributed by atoms with Gasteiger partial charge in [-0.15, -0.1) is 0 Å². The fourth-order valence-corrected chi connectivity index (χ4v) is 6.78. The molecule has 10 nitrogen and oxygen atoms in total. The van der Waals surface area contributed by atoms with E-state index in [9.17, 15) is 19.2 Å². The maximum Gasteiger partial charge on any atom is 0.348 e. The molecule has 3 saturated heterocycles. The number of allylic oxidation sites excluding steroid dienone is 1. The Kier molecular flexibility index (Phi) is 5.76. The highest BCUT2D eigenvalue weighted by atomic mass is 16.6. The van der Waals surface area contributed by atoms with Crippen LogP contribution in [0, 0.1) is 11.8 Å². The molecule has 2 bridgehead atoms. The summed E-state index contributed by atoms with van der Waals surface area (Å²) in [6, 6.07) is 17.4. The van der Waals surface area contributed by atoms with Crippen LogP contribution in [0.3, 0.4) is 0 Å². The molecule has 5 atom stereocenters. The Morgan fingerprint density at radius 2 is 1.67 bits per heavy atom. The minimum atomic E-state index is -2.08. The zero-order chi connectivity index (χ0) is 27.5. The van der Waals surface area contributed by atoms with E-state index in [0.29, 0.717) is 11.3 Å². The Balaban J connectivity index is 1.68. The quantitative estimate of drug-likeness (QED) is 0.325. The van der Waals surface area contributed by atoms with Crippen molar-refractivity contribution in [3.8, 4) is 0 Å². The number of hydrogen-bond donors (Lipinski definition) is 0. The van der Waals surface area contributed by atoms with Gasteiger partial charge in [0.05, 0.1) is 32.4 Å². The van der Waals surface area contributed by atoms with Crippen LogP contribution in [0.1, 0.15) is 30.5 Å². The Labute approximate surface area is 225 Å². The second-order valence-electron chi connectivity index (χ2n) is 10.1. The van der Waals surface area contributed by atoms with E-state index in [4.69, 9.17) is 18.9 Å². The summed E-state index contributed by atoms with van der Waals surface area (Å²) < 4.78 is 22.5. The molecule has 202 valence electrons. The number of carbonyl (C=O) groups is 4. The van der Waals surface area contributed by atoms with Crippen LogP contribution in [0.15, 0.2) is 71.9 Å². The number of amides is 1. The van der Waals surface area contributed by atoms with Gasteiger partial charge in [0, 0.05) is 18.2 Å². The largest absolute Gasteiger partial charge is 0.466 e. The lowest BCUT2D eigenvalue weighted by molar-refractivity contribution is -0.234. The zero-order valence-corrected chi connectivity index (χ0v) is 21.8. The highest BCUT2D eigenvalue weighted by Crippen LogP contribution is 2.65. The van der Waals surface area contributed by atoms with Gasteiger partial charge in [0.1, 0.15) is 5.92 Å². The molecule has 1 amide bonds. The lowest BCUT2D eigenvalue weighted by Crippen LogP contribution is -2.71. The van der Waals surface area contributed by atoms with Crippen LogP contribution < -0.4 is 0 Å². The van der Waals surface area contributed by atoms with Crippen molar-refractivity contribution >= 4 is 23.8 Å². The minimum absolute atomic E-state index is 0.0501. The number of cyclic esters (lactones) is 1. The monoisotopic (exact) mass is 532 g/mol. The van der Waals surface area contributed by atoms with Crippen LogP contribution in [0.2, 0.25) is 0 Å². The molecule has 4 aliphatic heterocycles. The number of methoxy groups -OCH3 is 2. The molecule has 0 aliphatic carbocycles. The van der Waals surface area contributed by atoms with Crippen LogP contribution in [0.5, 0.6) is 0 Å². The van der Waals surface area contributed by atoms with Crippen molar-refractivity contribution in [1.29, 1.82) is 0 Å². The van der Waals surface area contributed by atoms with E-state index in [-0.39, 0.29) is 25.1 Å². The molecule has 0 saturated carbocycles. The van der Waals surface area contributed by atoms with Gasteiger partial charge in [-0.25, -0.2) is 9.59 Å². The summed E-state index contributed by atoms with van der Waals surface area (Å²) >= 11 is 0. The third-order valence-electron chi connectivity index (χ3n) is 8.36. The van der Waals surface area contributed by atoms with Crippen LogP contribution in [0.25, 0.3) is 0 Å². The van der Waals surface area contributed by atoms with Gasteiger partial charge in [-0.3, -0.25) is 14.5 Å². The van der Waals surface area contributed by atoms with E-state index in [0.717, 1.165) is 5.56 Å². The summed E-state index contributed by atoms with van der Waals surface area (Å²) in [5.41, 5.74) is 0.0277. The molecule has 4 aliphatic rings. The van der Waals surface area contributed by atoms with Gasteiger partial charge in [-0.05, 0) is 24.5 Å². The Hall–Kier alpha value is -4.18. The third kappa shape index (κ3) is 3.18. The van der Waals surface area contributed by atoms with Crippen molar-refractivity contribution < 1.29 is 38.1 Å². The van der Waals surface area contributed by atoms with E-state index < -0.39 is 53.1 Å². The molecule has 0 unspecified atom stereocenters. The molecule has 39 heavy (non-hydrogen) atoms.